The summed E-state index contributed by atoms with van der Waals surface area (Å²) in [6.07, 6.45) is 5.38. The fourth-order valence-corrected chi connectivity index (χ4v) is 2.11. The fraction of sp³-hybridized carbons (Fsp3) is 0.267. The highest BCUT2D eigenvalue weighted by Crippen LogP contribution is 2.30. The molecule has 2 heterocycles. The minimum absolute atomic E-state index is 0.0590. The van der Waals surface area contributed by atoms with Crippen molar-refractivity contribution in [3.05, 3.63) is 30.6 Å². The maximum Gasteiger partial charge on any atom is 0.228 e. The molecule has 1 saturated carbocycles. The highest BCUT2D eigenvalue weighted by molar-refractivity contribution is 5.97. The number of rotatable bonds is 4. The van der Waals surface area contributed by atoms with Gasteiger partial charge in [0.25, 0.3) is 0 Å². The minimum atomic E-state index is 0.0590. The number of amides is 1. The second-order valence-corrected chi connectivity index (χ2v) is 4.90. The van der Waals surface area contributed by atoms with Gasteiger partial charge in [0, 0.05) is 24.5 Å². The van der Waals surface area contributed by atoms with Gasteiger partial charge in [-0.25, -0.2) is 9.97 Å². The number of carbonyl (C=O) groups excluding carboxylic acids is 1. The molecule has 2 N–H and O–H groups in total. The molecule has 1 aliphatic rings. The van der Waals surface area contributed by atoms with Crippen LogP contribution in [0.4, 0.5) is 11.6 Å². The van der Waals surface area contributed by atoms with E-state index in [4.69, 9.17) is 0 Å². The van der Waals surface area contributed by atoms with Crippen molar-refractivity contribution in [3.63, 3.8) is 0 Å². The third kappa shape index (κ3) is 2.34. The standard InChI is InChI=1S/C15H16N4O/c1-3-11-6-10-7-13(19-15(20)9-4-5-9)17-8-12(10)14(16-2)18-11/h3,6-9H,1,4-5H2,2H3,(H,16,18)(H,17,19,20). The quantitative estimate of drug-likeness (QED) is 0.894. The normalized spacial score (nSPS) is 14.1. The summed E-state index contributed by atoms with van der Waals surface area (Å²) < 4.78 is 0. The van der Waals surface area contributed by atoms with Crippen LogP contribution >= 0.6 is 0 Å². The van der Waals surface area contributed by atoms with Crippen LogP contribution < -0.4 is 10.6 Å². The smallest absolute Gasteiger partial charge is 0.228 e. The molecule has 0 unspecified atom stereocenters. The van der Waals surface area contributed by atoms with Crippen LogP contribution in [0.1, 0.15) is 18.5 Å². The topological polar surface area (TPSA) is 66.9 Å². The van der Waals surface area contributed by atoms with Crippen molar-refractivity contribution in [2.24, 2.45) is 5.92 Å². The third-order valence-corrected chi connectivity index (χ3v) is 3.38. The van der Waals surface area contributed by atoms with Crippen molar-refractivity contribution in [2.75, 3.05) is 17.7 Å². The number of pyridine rings is 2. The number of hydrogen-bond acceptors (Lipinski definition) is 4. The first-order chi connectivity index (χ1) is 9.71. The number of fused-ring (bicyclic) bond motifs is 1. The van der Waals surface area contributed by atoms with Gasteiger partial charge in [0.1, 0.15) is 11.6 Å². The Morgan fingerprint density at radius 2 is 2.25 bits per heavy atom. The van der Waals surface area contributed by atoms with Crippen molar-refractivity contribution >= 4 is 34.4 Å². The summed E-state index contributed by atoms with van der Waals surface area (Å²) in [5, 5.41) is 7.79. The number of anilines is 2. The van der Waals surface area contributed by atoms with Crippen LogP contribution in [0.15, 0.2) is 24.9 Å². The summed E-state index contributed by atoms with van der Waals surface area (Å²) in [6.45, 7) is 3.74. The van der Waals surface area contributed by atoms with Crippen molar-refractivity contribution < 1.29 is 4.79 Å². The number of hydrogen-bond donors (Lipinski definition) is 2. The largest absolute Gasteiger partial charge is 0.373 e. The first-order valence-corrected chi connectivity index (χ1v) is 6.63. The Labute approximate surface area is 117 Å². The Hall–Kier alpha value is -2.43. The van der Waals surface area contributed by atoms with Crippen LogP contribution in [-0.2, 0) is 4.79 Å². The van der Waals surface area contributed by atoms with Gasteiger partial charge in [0.2, 0.25) is 5.91 Å². The summed E-state index contributed by atoms with van der Waals surface area (Å²) in [6, 6.07) is 3.79. The Bertz CT molecular complexity index is 692. The molecule has 1 aliphatic carbocycles. The van der Waals surface area contributed by atoms with Gasteiger partial charge < -0.3 is 10.6 Å². The molecule has 0 atom stereocenters. The van der Waals surface area contributed by atoms with E-state index in [1.807, 2.05) is 19.2 Å². The zero-order valence-corrected chi connectivity index (χ0v) is 11.3. The molecule has 0 saturated heterocycles. The molecule has 5 heteroatoms. The molecule has 0 radical (unpaired) electrons. The van der Waals surface area contributed by atoms with E-state index in [1.54, 1.807) is 12.3 Å². The Kier molecular flexibility index (Phi) is 3.10. The molecule has 1 fully saturated rings. The van der Waals surface area contributed by atoms with Gasteiger partial charge in [0.15, 0.2) is 0 Å². The molecule has 3 rings (SSSR count). The highest BCUT2D eigenvalue weighted by Gasteiger charge is 2.29. The Morgan fingerprint density at radius 3 is 2.90 bits per heavy atom. The van der Waals surface area contributed by atoms with E-state index in [1.165, 1.54) is 0 Å². The molecule has 5 nitrogen and oxygen atoms in total. The van der Waals surface area contributed by atoms with Crippen LogP contribution in [0.25, 0.3) is 16.8 Å². The molecule has 0 aliphatic heterocycles. The van der Waals surface area contributed by atoms with Crippen LogP contribution in [0.3, 0.4) is 0 Å². The molecule has 2 aromatic heterocycles. The average Bonchev–Trinajstić information content (AvgIpc) is 3.30. The summed E-state index contributed by atoms with van der Waals surface area (Å²) >= 11 is 0. The van der Waals surface area contributed by atoms with Crippen LogP contribution in [0.5, 0.6) is 0 Å². The van der Waals surface area contributed by atoms with Gasteiger partial charge in [-0.15, -0.1) is 0 Å². The van der Waals surface area contributed by atoms with Crippen molar-refractivity contribution in [1.29, 1.82) is 0 Å². The first kappa shape index (κ1) is 12.6. The van der Waals surface area contributed by atoms with Crippen LogP contribution in [-0.4, -0.2) is 22.9 Å². The summed E-state index contributed by atoms with van der Waals surface area (Å²) in [5.74, 6) is 1.56. The summed E-state index contributed by atoms with van der Waals surface area (Å²) in [5.41, 5.74) is 0.785. The lowest BCUT2D eigenvalue weighted by Gasteiger charge is -2.09. The van der Waals surface area contributed by atoms with Crippen LogP contribution in [0.2, 0.25) is 0 Å². The maximum absolute atomic E-state index is 11.8. The zero-order chi connectivity index (χ0) is 14.1. The summed E-state index contributed by atoms with van der Waals surface area (Å²) in [4.78, 5) is 20.5. The maximum atomic E-state index is 11.8. The van der Waals surface area contributed by atoms with Crippen LogP contribution in [0, 0.1) is 5.92 Å². The van der Waals surface area contributed by atoms with Gasteiger partial charge >= 0.3 is 0 Å². The van der Waals surface area contributed by atoms with Crippen molar-refractivity contribution in [1.82, 2.24) is 9.97 Å². The van der Waals surface area contributed by atoms with Crippen molar-refractivity contribution in [2.45, 2.75) is 12.8 Å². The molecule has 0 bridgehead atoms. The van der Waals surface area contributed by atoms with E-state index in [9.17, 15) is 4.79 Å². The molecule has 0 aromatic carbocycles. The number of nitrogens with one attached hydrogen (secondary N) is 2. The van der Waals surface area contributed by atoms with Crippen molar-refractivity contribution in [3.8, 4) is 0 Å². The van der Waals surface area contributed by atoms with E-state index in [0.29, 0.717) is 5.82 Å². The number of nitrogens with zero attached hydrogens (tertiary/aromatic N) is 2. The Balaban J connectivity index is 2.00. The van der Waals surface area contributed by atoms with Gasteiger partial charge in [-0.2, -0.15) is 0 Å². The molecule has 0 spiro atoms. The lowest BCUT2D eigenvalue weighted by atomic mass is 10.1. The predicted octanol–water partition coefficient (Wildman–Crippen LogP) is 2.66. The van der Waals surface area contributed by atoms with Gasteiger partial charge in [-0.3, -0.25) is 4.79 Å². The molecule has 1 amide bonds. The second kappa shape index (κ2) is 4.92. The van der Waals surface area contributed by atoms with Gasteiger partial charge in [0.05, 0.1) is 5.69 Å². The predicted molar refractivity (Wildman–Crippen MR) is 80.5 cm³/mol. The monoisotopic (exact) mass is 268 g/mol. The molecule has 102 valence electrons. The van der Waals surface area contributed by atoms with E-state index >= 15 is 0 Å². The molecular weight excluding hydrogens is 252 g/mol. The average molecular weight is 268 g/mol. The third-order valence-electron chi connectivity index (χ3n) is 3.38. The number of aromatic nitrogens is 2. The lowest BCUT2D eigenvalue weighted by Crippen LogP contribution is -2.14. The second-order valence-electron chi connectivity index (χ2n) is 4.90. The summed E-state index contributed by atoms with van der Waals surface area (Å²) in [7, 11) is 1.82. The first-order valence-electron chi connectivity index (χ1n) is 6.63. The Morgan fingerprint density at radius 1 is 1.45 bits per heavy atom. The van der Waals surface area contributed by atoms with E-state index in [-0.39, 0.29) is 11.8 Å². The highest BCUT2D eigenvalue weighted by atomic mass is 16.2. The van der Waals surface area contributed by atoms with Gasteiger partial charge in [-0.05, 0) is 36.4 Å². The zero-order valence-electron chi connectivity index (χ0n) is 11.3. The minimum Gasteiger partial charge on any atom is -0.373 e. The number of carbonyl (C=O) groups is 1. The van der Waals surface area contributed by atoms with Gasteiger partial charge in [-0.1, -0.05) is 6.58 Å². The SMILES string of the molecule is C=Cc1cc2cc(NC(=O)C3CC3)ncc2c(NC)n1. The fourth-order valence-electron chi connectivity index (χ4n) is 2.11. The van der Waals surface area contributed by atoms with E-state index < -0.39 is 0 Å². The lowest BCUT2D eigenvalue weighted by molar-refractivity contribution is -0.117. The molecule has 2 aromatic rings. The molecular formula is C15H16N4O. The van der Waals surface area contributed by atoms with E-state index in [2.05, 4.69) is 27.2 Å². The van der Waals surface area contributed by atoms with E-state index in [0.717, 1.165) is 35.1 Å². The molecule has 20 heavy (non-hydrogen) atoms.